The summed E-state index contributed by atoms with van der Waals surface area (Å²) in [5.41, 5.74) is 17.3. The lowest BCUT2D eigenvalue weighted by molar-refractivity contribution is 0.368. The monoisotopic (exact) mass is 665 g/mol. The highest BCUT2D eigenvalue weighted by Gasteiger charge is 2.22. The second-order valence-electron chi connectivity index (χ2n) is 12.2. The van der Waals surface area contributed by atoms with Crippen LogP contribution in [0.5, 0.6) is 0 Å². The molecular formula is C41H47N9. The number of pyridine rings is 1. The van der Waals surface area contributed by atoms with Gasteiger partial charge in [-0.15, -0.1) is 10.8 Å². The summed E-state index contributed by atoms with van der Waals surface area (Å²) in [5, 5.41) is 12.6. The molecule has 0 saturated carbocycles. The molecule has 2 aromatic heterocycles. The number of rotatable bonds is 12. The second-order valence-corrected chi connectivity index (χ2v) is 12.2. The summed E-state index contributed by atoms with van der Waals surface area (Å²) in [6.07, 6.45) is 26.0. The topological polar surface area (TPSA) is 100 Å². The van der Waals surface area contributed by atoms with Crippen LogP contribution >= 0.6 is 0 Å². The fourth-order valence-corrected chi connectivity index (χ4v) is 5.95. The maximum atomic E-state index is 5.75. The van der Waals surface area contributed by atoms with Gasteiger partial charge in [0.2, 0.25) is 0 Å². The van der Waals surface area contributed by atoms with Crippen molar-refractivity contribution in [2.45, 2.75) is 40.5 Å². The molecule has 0 spiro atoms. The molecule has 0 amide bonds. The van der Waals surface area contributed by atoms with Crippen LogP contribution in [-0.4, -0.2) is 61.8 Å². The zero-order chi connectivity index (χ0) is 35.3. The van der Waals surface area contributed by atoms with Crippen LogP contribution in [0.3, 0.4) is 0 Å². The Morgan fingerprint density at radius 1 is 1.06 bits per heavy atom. The molecule has 1 fully saturated rings. The van der Waals surface area contributed by atoms with Crippen LogP contribution < -0.4 is 11.1 Å². The number of nitrogens with two attached hydrogens (primary N) is 1. The molecule has 2 aliphatic heterocycles. The minimum atomic E-state index is 0.443. The molecule has 9 heteroatoms. The Labute approximate surface area is 296 Å². The first-order valence-electron chi connectivity index (χ1n) is 17.0. The molecular weight excluding hydrogens is 619 g/mol. The van der Waals surface area contributed by atoms with Gasteiger partial charge in [0.1, 0.15) is 17.2 Å². The third kappa shape index (κ3) is 9.02. The minimum Gasteiger partial charge on any atom is -0.405 e. The molecule has 1 saturated heterocycles. The number of amidine groups is 1. The standard InChI is InChI=1S/C41H47N9/c1-6-15-34(21-20-31(4)28-48-24-11-12-25-48)33(7-2)26-37(32(5)16-13-22-42)44-40-30-49(29-38(45-40)35-17-14-23-43-27-35)41(8-3)50-39-19-10-9-18-36(39)46-47-50/h6,8-10,13-23,26-27,29H,2,11-12,24-25,28,30,42H2,1,3-5H3,(H,44,45)/b15-6+,22-13+,31-20+,32-16-,34-21+,37-26+,41-8+. The Bertz CT molecular complexity index is 1980. The van der Waals surface area contributed by atoms with E-state index in [1.807, 2.05) is 98.6 Å². The molecule has 0 radical (unpaired) electrons. The Balaban J connectivity index is 1.53. The van der Waals surface area contributed by atoms with Crippen molar-refractivity contribution >= 4 is 28.4 Å². The van der Waals surface area contributed by atoms with Crippen LogP contribution in [0.4, 0.5) is 0 Å². The average Bonchev–Trinajstić information content (AvgIpc) is 3.82. The number of nitrogens with one attached hydrogen (secondary N) is 1. The van der Waals surface area contributed by atoms with Crippen molar-refractivity contribution in [3.63, 3.8) is 0 Å². The summed E-state index contributed by atoms with van der Waals surface area (Å²) in [6.45, 7) is 16.1. The lowest BCUT2D eigenvalue weighted by Crippen LogP contribution is -2.37. The van der Waals surface area contributed by atoms with Crippen LogP contribution in [0.2, 0.25) is 0 Å². The van der Waals surface area contributed by atoms with Gasteiger partial charge in [-0.1, -0.05) is 59.9 Å². The molecule has 9 nitrogen and oxygen atoms in total. The van der Waals surface area contributed by atoms with E-state index in [9.17, 15) is 0 Å². The molecule has 50 heavy (non-hydrogen) atoms. The fraction of sp³-hybridized carbons (Fsp3) is 0.244. The van der Waals surface area contributed by atoms with Gasteiger partial charge in [-0.2, -0.15) is 4.68 Å². The van der Waals surface area contributed by atoms with Gasteiger partial charge in [-0.05, 0) is 113 Å². The van der Waals surface area contributed by atoms with E-state index >= 15 is 0 Å². The zero-order valence-corrected chi connectivity index (χ0v) is 29.5. The zero-order valence-electron chi connectivity index (χ0n) is 29.5. The Morgan fingerprint density at radius 3 is 2.60 bits per heavy atom. The van der Waals surface area contributed by atoms with Crippen LogP contribution in [-0.2, 0) is 0 Å². The number of nitrogens with zero attached hydrogens (tertiary/aromatic N) is 7. The third-order valence-corrected chi connectivity index (χ3v) is 8.45. The molecule has 5 rings (SSSR count). The molecule has 2 aliphatic rings. The third-order valence-electron chi connectivity index (χ3n) is 8.45. The first kappa shape index (κ1) is 35.5. The molecule has 0 aliphatic carbocycles. The van der Waals surface area contributed by atoms with E-state index in [2.05, 4.69) is 74.0 Å². The van der Waals surface area contributed by atoms with Crippen molar-refractivity contribution in [2.24, 2.45) is 10.7 Å². The molecule has 4 heterocycles. The highest BCUT2D eigenvalue weighted by molar-refractivity contribution is 5.94. The van der Waals surface area contributed by atoms with Gasteiger partial charge in [0.25, 0.3) is 0 Å². The molecule has 0 unspecified atom stereocenters. The first-order chi connectivity index (χ1) is 24.4. The van der Waals surface area contributed by atoms with Crippen molar-refractivity contribution in [3.05, 3.63) is 156 Å². The lowest BCUT2D eigenvalue weighted by atomic mass is 10.0. The maximum absolute atomic E-state index is 5.75. The molecule has 3 N–H and O–H groups in total. The number of para-hydroxylation sites is 1. The summed E-state index contributed by atoms with van der Waals surface area (Å²) in [6, 6.07) is 11.8. The summed E-state index contributed by atoms with van der Waals surface area (Å²) in [4.78, 5) is 14.1. The number of benzene rings is 1. The molecule has 0 bridgehead atoms. The fourth-order valence-electron chi connectivity index (χ4n) is 5.95. The van der Waals surface area contributed by atoms with E-state index in [-0.39, 0.29) is 0 Å². The van der Waals surface area contributed by atoms with Crippen LogP contribution in [0.25, 0.3) is 22.6 Å². The van der Waals surface area contributed by atoms with Gasteiger partial charge in [-0.25, -0.2) is 4.99 Å². The van der Waals surface area contributed by atoms with Crippen molar-refractivity contribution in [2.75, 3.05) is 26.2 Å². The summed E-state index contributed by atoms with van der Waals surface area (Å²) >= 11 is 0. The SMILES string of the molecule is C=C=C(\C=C(NC1=NC(c2cccnc2)=CN(/C(=C\C)n2nnc3ccccc32)C1)/C(C)=C\C=C\N)C(/C=C/C)=C/C=C(\C)CN1CCCC1. The van der Waals surface area contributed by atoms with Crippen LogP contribution in [0.1, 0.15) is 46.1 Å². The Kier molecular flexibility index (Phi) is 12.5. The van der Waals surface area contributed by atoms with E-state index < -0.39 is 0 Å². The number of hydrogen-bond donors (Lipinski definition) is 2. The van der Waals surface area contributed by atoms with Crippen molar-refractivity contribution in [3.8, 4) is 0 Å². The smallest absolute Gasteiger partial charge is 0.132 e. The van der Waals surface area contributed by atoms with E-state index in [4.69, 9.17) is 10.7 Å². The Morgan fingerprint density at radius 2 is 1.88 bits per heavy atom. The lowest BCUT2D eigenvalue weighted by Gasteiger charge is -2.29. The van der Waals surface area contributed by atoms with Crippen molar-refractivity contribution < 1.29 is 0 Å². The van der Waals surface area contributed by atoms with Gasteiger partial charge < -0.3 is 16.0 Å². The summed E-state index contributed by atoms with van der Waals surface area (Å²) < 4.78 is 1.86. The Hall–Kier alpha value is -5.76. The number of aliphatic imine (C=N–C) groups is 1. The first-order valence-corrected chi connectivity index (χ1v) is 17.0. The largest absolute Gasteiger partial charge is 0.405 e. The predicted molar refractivity (Wildman–Crippen MR) is 207 cm³/mol. The normalized spacial score (nSPS) is 17.1. The van der Waals surface area contributed by atoms with Gasteiger partial charge in [-0.3, -0.25) is 9.88 Å². The van der Waals surface area contributed by atoms with Crippen LogP contribution in [0, 0.1) is 0 Å². The minimum absolute atomic E-state index is 0.443. The van der Waals surface area contributed by atoms with Gasteiger partial charge in [0, 0.05) is 42.0 Å². The van der Waals surface area contributed by atoms with E-state index in [1.165, 1.54) is 37.7 Å². The summed E-state index contributed by atoms with van der Waals surface area (Å²) in [5.74, 6) is 1.58. The number of fused-ring (bicyclic) bond motifs is 1. The number of likely N-dealkylation sites (tertiary alicyclic amines) is 1. The molecule has 0 atom stereocenters. The van der Waals surface area contributed by atoms with Crippen molar-refractivity contribution in [1.82, 2.24) is 35.1 Å². The highest BCUT2D eigenvalue weighted by atomic mass is 15.5. The van der Waals surface area contributed by atoms with Gasteiger partial charge in [0.05, 0.1) is 17.8 Å². The number of hydrogen-bond acceptors (Lipinski definition) is 8. The summed E-state index contributed by atoms with van der Waals surface area (Å²) in [7, 11) is 0. The number of aromatic nitrogens is 4. The second kappa shape index (κ2) is 17.6. The maximum Gasteiger partial charge on any atom is 0.132 e. The highest BCUT2D eigenvalue weighted by Crippen LogP contribution is 2.26. The van der Waals surface area contributed by atoms with Gasteiger partial charge in [0.15, 0.2) is 0 Å². The van der Waals surface area contributed by atoms with E-state index in [0.29, 0.717) is 6.54 Å². The molecule has 256 valence electrons. The molecule has 3 aromatic rings. The molecule has 1 aromatic carbocycles. The number of allylic oxidation sites excluding steroid dienone is 11. The predicted octanol–water partition coefficient (Wildman–Crippen LogP) is 7.51. The van der Waals surface area contributed by atoms with Gasteiger partial charge >= 0.3 is 0 Å². The van der Waals surface area contributed by atoms with Crippen molar-refractivity contribution in [1.29, 1.82) is 0 Å². The quantitative estimate of drug-likeness (QED) is 0.153. The average molecular weight is 666 g/mol. The van der Waals surface area contributed by atoms with Crippen LogP contribution in [0.15, 0.2) is 155 Å². The van der Waals surface area contributed by atoms with E-state index in [1.54, 1.807) is 6.20 Å². The van der Waals surface area contributed by atoms with E-state index in [0.717, 1.165) is 62.9 Å².